The van der Waals surface area contributed by atoms with Crippen LogP contribution in [0, 0.1) is 0 Å². The minimum atomic E-state index is 0. The molecule has 0 aromatic carbocycles. The third-order valence-corrected chi connectivity index (χ3v) is 1.50. The molecule has 0 fully saturated rings. The lowest BCUT2D eigenvalue weighted by atomic mass is 10.4. The van der Waals surface area contributed by atoms with Crippen LogP contribution in [0.5, 0.6) is 0 Å². The lowest BCUT2D eigenvalue weighted by Crippen LogP contribution is -1.47. The molecule has 0 heteroatoms. The van der Waals surface area contributed by atoms with Crippen LogP contribution in [0.15, 0.2) is 0 Å². The monoisotopic (exact) mass is 559 g/mol. The fourth-order valence-corrected chi connectivity index (χ4v) is 0. The Morgan fingerprint density at radius 1 is 0.139 bits per heavy atom. The van der Waals surface area contributed by atoms with Gasteiger partial charge in [0.15, 0.2) is 0 Å². The molecule has 0 atom stereocenters. The Labute approximate surface area is 258 Å². The smallest absolute Gasteiger partial charge is 0.0564 e. The van der Waals surface area contributed by atoms with E-state index in [-0.39, 0.29) is 178 Å². The van der Waals surface area contributed by atoms with Crippen molar-refractivity contribution in [2.24, 2.45) is 0 Å². The highest BCUT2D eigenvalue weighted by atomic mass is 13.6. The zero-order valence-corrected chi connectivity index (χ0v) is 10.2. The third kappa shape index (κ3) is 4110. The fraction of sp³-hybridized carbons (Fsp3) is 1.00. The van der Waals surface area contributed by atoms with Crippen LogP contribution in [-0.2, 0) is 0 Å². The zero-order valence-electron chi connectivity index (χ0n) is 10.2. The maximum absolute atomic E-state index is 2.18. The van der Waals surface area contributed by atoms with Gasteiger partial charge in [0.2, 0.25) is 0 Å². The first kappa shape index (κ1) is 544. The highest BCUT2D eigenvalue weighted by Crippen LogP contribution is 1.77. The van der Waals surface area contributed by atoms with Gasteiger partial charge in [-0.05, 0) is 0 Å². The minimum absolute atomic E-state index is 0. The Morgan fingerprint density at radius 3 is 0.167 bits per heavy atom. The SMILES string of the molecule is C.C.C.C.C.C.C.C.C.C.C.C.C.C.C.C.C.C.C.C.C.C.C.C.CCCC.CCCC.CCCC. The Bertz CT molecular complexity index is 15.5. The summed E-state index contributed by atoms with van der Waals surface area (Å²) >= 11 is 0. The molecule has 36 heavy (non-hydrogen) atoms. The van der Waals surface area contributed by atoms with Crippen molar-refractivity contribution in [3.05, 3.63) is 0 Å². The van der Waals surface area contributed by atoms with Crippen LogP contribution in [0.25, 0.3) is 0 Å². The maximum Gasteiger partial charge on any atom is -0.0564 e. The summed E-state index contributed by atoms with van der Waals surface area (Å²) in [6.45, 7) is 13.1. The molecule has 0 unspecified atom stereocenters. The molecule has 0 bridgehead atoms. The zero-order chi connectivity index (χ0) is 10.2. The van der Waals surface area contributed by atoms with Gasteiger partial charge in [0, 0.05) is 0 Å². The van der Waals surface area contributed by atoms with Crippen molar-refractivity contribution in [2.45, 2.75) is 258 Å². The summed E-state index contributed by atoms with van der Waals surface area (Å²) in [5.41, 5.74) is 0. The molecule has 0 rings (SSSR count). The van der Waals surface area contributed by atoms with Gasteiger partial charge in [-0.25, -0.2) is 0 Å². The fourth-order valence-electron chi connectivity index (χ4n) is 0. The first-order valence-electron chi connectivity index (χ1n) is 5.74. The molecule has 0 N–H and O–H groups in total. The average molecular weight is 559 g/mol. The van der Waals surface area contributed by atoms with Crippen molar-refractivity contribution >= 4 is 0 Å². The first-order valence-corrected chi connectivity index (χ1v) is 5.74. The molecule has 270 valence electrons. The molecule has 0 amide bonds. The van der Waals surface area contributed by atoms with Gasteiger partial charge in [-0.15, -0.1) is 0 Å². The van der Waals surface area contributed by atoms with Gasteiger partial charge in [0.1, 0.15) is 0 Å². The van der Waals surface area contributed by atoms with E-state index >= 15 is 0 Å². The Hall–Kier alpha value is 0. The van der Waals surface area contributed by atoms with Crippen LogP contribution in [0.4, 0.5) is 0 Å². The van der Waals surface area contributed by atoms with E-state index in [1.807, 2.05) is 0 Å². The first-order chi connectivity index (χ1) is 5.74. The van der Waals surface area contributed by atoms with Crippen molar-refractivity contribution in [1.82, 2.24) is 0 Å². The van der Waals surface area contributed by atoms with E-state index in [1.54, 1.807) is 0 Å². The van der Waals surface area contributed by atoms with Gasteiger partial charge < -0.3 is 0 Å². The van der Waals surface area contributed by atoms with E-state index in [2.05, 4.69) is 41.5 Å². The Morgan fingerprint density at radius 2 is 0.167 bits per heavy atom. The summed E-state index contributed by atoms with van der Waals surface area (Å²) in [7, 11) is 0. The molecule has 0 radical (unpaired) electrons. The van der Waals surface area contributed by atoms with E-state index in [4.69, 9.17) is 0 Å². The van der Waals surface area contributed by atoms with E-state index in [0.29, 0.717) is 0 Å². The quantitative estimate of drug-likeness (QED) is 0.323. The summed E-state index contributed by atoms with van der Waals surface area (Å²) < 4.78 is 0. The van der Waals surface area contributed by atoms with Crippen molar-refractivity contribution in [2.75, 3.05) is 0 Å². The van der Waals surface area contributed by atoms with Crippen LogP contribution < -0.4 is 0 Å². The van der Waals surface area contributed by atoms with Gasteiger partial charge >= 0.3 is 0 Å². The van der Waals surface area contributed by atoms with E-state index < -0.39 is 0 Å². The van der Waals surface area contributed by atoms with Crippen molar-refractivity contribution in [1.29, 1.82) is 0 Å². The number of unbranched alkanes of at least 4 members (excludes halogenated alkanes) is 3. The largest absolute Gasteiger partial charge is 0.0776 e. The standard InChI is InChI=1S/3C4H10.24CH4/c3*1-3-4-2;;;;;;;;;;;;;;;;;;;;;;;;/h3*3-4H2,1-2H3;24*1H4. The Kier molecular flexibility index (Phi) is 17000. The van der Waals surface area contributed by atoms with Gasteiger partial charge in [-0.3, -0.25) is 0 Å². The predicted molar refractivity (Wildman–Crippen MR) is 223 cm³/mol. The molecule has 0 aliphatic rings. The van der Waals surface area contributed by atoms with Crippen LogP contribution in [-0.4, -0.2) is 0 Å². The van der Waals surface area contributed by atoms with E-state index in [9.17, 15) is 0 Å². The third-order valence-electron chi connectivity index (χ3n) is 1.50. The lowest BCUT2D eigenvalue weighted by molar-refractivity contribution is 0.886. The molecular formula is C36H126. The second-order valence-corrected chi connectivity index (χ2v) is 3.00. The number of hydrogen-bond donors (Lipinski definition) is 0. The molecular weight excluding hydrogens is 432 g/mol. The second kappa shape index (κ2) is 1120. The highest BCUT2D eigenvalue weighted by Gasteiger charge is 1.57. The molecule has 0 heterocycles. The molecule has 0 saturated carbocycles. The van der Waals surface area contributed by atoms with Crippen molar-refractivity contribution in [3.63, 3.8) is 0 Å². The van der Waals surface area contributed by atoms with Crippen molar-refractivity contribution in [3.8, 4) is 0 Å². The van der Waals surface area contributed by atoms with Gasteiger partial charge in [-0.2, -0.15) is 0 Å². The molecule has 0 aromatic rings. The van der Waals surface area contributed by atoms with Gasteiger partial charge in [0.05, 0.1) is 0 Å². The summed E-state index contributed by atoms with van der Waals surface area (Å²) in [6.07, 6.45) is 7.92. The molecule has 0 saturated heterocycles. The normalized spacial score (nSPS) is 2.50. The van der Waals surface area contributed by atoms with Crippen LogP contribution in [0.3, 0.4) is 0 Å². The summed E-state index contributed by atoms with van der Waals surface area (Å²) in [5.74, 6) is 0. The molecule has 0 aliphatic heterocycles. The minimum Gasteiger partial charge on any atom is -0.0776 e. The van der Waals surface area contributed by atoms with Crippen LogP contribution in [0.1, 0.15) is 258 Å². The summed E-state index contributed by atoms with van der Waals surface area (Å²) in [4.78, 5) is 0. The molecule has 0 nitrogen and oxygen atoms in total. The lowest BCUT2D eigenvalue weighted by Gasteiger charge is -1.68. The van der Waals surface area contributed by atoms with Gasteiger partial charge in [-0.1, -0.05) is 258 Å². The topological polar surface area (TPSA) is 0 Å². The second-order valence-electron chi connectivity index (χ2n) is 3.00. The molecule has 0 spiro atoms. The Balaban J connectivity index is -0.00000000101. The maximum atomic E-state index is 2.18. The predicted octanol–water partition coefficient (Wildman–Crippen LogP) is 20.7. The molecule has 0 aliphatic carbocycles. The highest BCUT2D eigenvalue weighted by molar-refractivity contribution is 4.13. The number of hydrogen-bond acceptors (Lipinski definition) is 0. The van der Waals surface area contributed by atoms with Crippen LogP contribution in [0.2, 0.25) is 0 Å². The average Bonchev–Trinajstić information content (AvgIpc) is 2.18. The van der Waals surface area contributed by atoms with Crippen molar-refractivity contribution < 1.29 is 0 Å². The van der Waals surface area contributed by atoms with E-state index in [0.717, 1.165) is 0 Å². The van der Waals surface area contributed by atoms with Crippen LogP contribution >= 0.6 is 0 Å². The van der Waals surface area contributed by atoms with Gasteiger partial charge in [0.25, 0.3) is 0 Å². The summed E-state index contributed by atoms with van der Waals surface area (Å²) in [6, 6.07) is 0. The molecule has 0 aromatic heterocycles. The van der Waals surface area contributed by atoms with E-state index in [1.165, 1.54) is 38.5 Å². The summed E-state index contributed by atoms with van der Waals surface area (Å²) in [5, 5.41) is 0. The number of rotatable bonds is 3.